The molecule has 5 heteroatoms. The summed E-state index contributed by atoms with van der Waals surface area (Å²) in [6, 6.07) is 0. The molecule has 0 aromatic heterocycles. The molecule has 0 N–H and O–H groups in total. The lowest BCUT2D eigenvalue weighted by molar-refractivity contribution is -0.376. The summed E-state index contributed by atoms with van der Waals surface area (Å²) in [7, 11) is 1.57. The van der Waals surface area contributed by atoms with Crippen LogP contribution in [0.25, 0.3) is 0 Å². The molecule has 0 heterocycles. The predicted molar refractivity (Wildman–Crippen MR) is 87.6 cm³/mol. The number of hydrogen-bond donors (Lipinski definition) is 0. The Kier molecular flexibility index (Phi) is 11.8. The molecule has 0 aromatic rings. The van der Waals surface area contributed by atoms with Crippen molar-refractivity contribution in [3.8, 4) is 0 Å². The van der Waals surface area contributed by atoms with E-state index in [-0.39, 0.29) is 6.10 Å². The van der Waals surface area contributed by atoms with E-state index in [2.05, 4.69) is 13.5 Å². The van der Waals surface area contributed by atoms with E-state index in [0.717, 1.165) is 19.3 Å². The van der Waals surface area contributed by atoms with Crippen LogP contribution < -0.4 is 0 Å². The van der Waals surface area contributed by atoms with Crippen LogP contribution in [0.4, 0.5) is 0 Å². The van der Waals surface area contributed by atoms with E-state index in [1.165, 1.54) is 0 Å². The van der Waals surface area contributed by atoms with Gasteiger partial charge in [0.2, 0.25) is 0 Å². The highest BCUT2D eigenvalue weighted by atomic mass is 16.9. The van der Waals surface area contributed by atoms with Crippen LogP contribution in [0.3, 0.4) is 0 Å². The van der Waals surface area contributed by atoms with E-state index in [4.69, 9.17) is 23.7 Å². The fourth-order valence-corrected chi connectivity index (χ4v) is 1.87. The molecule has 0 saturated carbocycles. The van der Waals surface area contributed by atoms with E-state index in [1.807, 2.05) is 27.7 Å². The predicted octanol–water partition coefficient (Wildman–Crippen LogP) is 3.87. The zero-order valence-electron chi connectivity index (χ0n) is 15.1. The summed E-state index contributed by atoms with van der Waals surface area (Å²) in [6.07, 6.45) is 2.06. The first-order valence-corrected chi connectivity index (χ1v) is 8.26. The fraction of sp³-hybridized carbons (Fsp3) is 0.882. The van der Waals surface area contributed by atoms with Crippen LogP contribution in [0.2, 0.25) is 0 Å². The second-order valence-corrected chi connectivity index (χ2v) is 5.32. The van der Waals surface area contributed by atoms with Gasteiger partial charge >= 0.3 is 5.97 Å². The van der Waals surface area contributed by atoms with Gasteiger partial charge in [0.25, 0.3) is 0 Å². The van der Waals surface area contributed by atoms with E-state index in [1.54, 1.807) is 7.11 Å². The van der Waals surface area contributed by atoms with Crippen molar-refractivity contribution in [2.45, 2.75) is 72.2 Å². The van der Waals surface area contributed by atoms with Crippen LogP contribution in [0.1, 0.15) is 53.9 Å². The molecule has 0 bridgehead atoms. The summed E-state index contributed by atoms with van der Waals surface area (Å²) in [5.74, 6) is -1.34. The maximum absolute atomic E-state index is 5.97. The van der Waals surface area contributed by atoms with Gasteiger partial charge in [-0.15, -0.1) is 0 Å². The van der Waals surface area contributed by atoms with Gasteiger partial charge in [-0.2, -0.15) is 0 Å². The van der Waals surface area contributed by atoms with Crippen LogP contribution in [-0.4, -0.2) is 45.3 Å². The van der Waals surface area contributed by atoms with Gasteiger partial charge in [-0.05, 0) is 33.6 Å². The van der Waals surface area contributed by atoms with E-state index < -0.39 is 12.3 Å². The molecule has 0 amide bonds. The second-order valence-electron chi connectivity index (χ2n) is 5.32. The maximum Gasteiger partial charge on any atom is 0.312 e. The molecule has 0 radical (unpaired) electrons. The Balaban J connectivity index is 5.30. The summed E-state index contributed by atoms with van der Waals surface area (Å²) in [4.78, 5) is 0. The van der Waals surface area contributed by atoms with Crippen molar-refractivity contribution in [2.75, 3.05) is 26.9 Å². The number of methoxy groups -OCH3 is 1. The topological polar surface area (TPSA) is 46.2 Å². The highest BCUT2D eigenvalue weighted by molar-refractivity contribution is 5.08. The number of hydrogen-bond acceptors (Lipinski definition) is 5. The standard InChI is InChI=1S/C17H34O5/c1-8-11-13-21-17(20-12-9-2,22-14(4)5)15(6)16(18-7)19-10-3/h14,16H,6,8-13H2,1-5,7H3. The normalized spacial score (nSPS) is 15.8. The third-order valence-electron chi connectivity index (χ3n) is 2.89. The Morgan fingerprint density at radius 1 is 1.05 bits per heavy atom. The van der Waals surface area contributed by atoms with Crippen LogP contribution >= 0.6 is 0 Å². The molecular formula is C17H34O5. The monoisotopic (exact) mass is 318 g/mol. The first-order chi connectivity index (χ1) is 10.5. The molecule has 0 aliphatic heterocycles. The van der Waals surface area contributed by atoms with E-state index in [9.17, 15) is 0 Å². The molecule has 2 atom stereocenters. The zero-order valence-corrected chi connectivity index (χ0v) is 15.1. The fourth-order valence-electron chi connectivity index (χ4n) is 1.87. The zero-order chi connectivity index (χ0) is 17.0. The van der Waals surface area contributed by atoms with Gasteiger partial charge in [0.05, 0.1) is 24.9 Å². The average molecular weight is 318 g/mol. The van der Waals surface area contributed by atoms with E-state index in [0.29, 0.717) is 25.4 Å². The van der Waals surface area contributed by atoms with Crippen molar-refractivity contribution >= 4 is 0 Å². The smallest absolute Gasteiger partial charge is 0.312 e. The van der Waals surface area contributed by atoms with Gasteiger partial charge in [0.1, 0.15) is 0 Å². The molecule has 2 unspecified atom stereocenters. The van der Waals surface area contributed by atoms with Crippen molar-refractivity contribution in [1.29, 1.82) is 0 Å². The van der Waals surface area contributed by atoms with Crippen LogP contribution in [0.15, 0.2) is 12.2 Å². The Hall–Kier alpha value is -0.460. The summed E-state index contributed by atoms with van der Waals surface area (Å²) >= 11 is 0. The average Bonchev–Trinajstić information content (AvgIpc) is 2.49. The summed E-state index contributed by atoms with van der Waals surface area (Å²) in [5.41, 5.74) is 0.495. The van der Waals surface area contributed by atoms with Crippen molar-refractivity contribution in [2.24, 2.45) is 0 Å². The van der Waals surface area contributed by atoms with Gasteiger partial charge in [-0.3, -0.25) is 0 Å². The molecule has 132 valence electrons. The van der Waals surface area contributed by atoms with Crippen molar-refractivity contribution < 1.29 is 23.7 Å². The molecule has 0 fully saturated rings. The summed E-state index contributed by atoms with van der Waals surface area (Å²) < 4.78 is 28.8. The largest absolute Gasteiger partial charge is 0.352 e. The van der Waals surface area contributed by atoms with Gasteiger partial charge < -0.3 is 23.7 Å². The third kappa shape index (κ3) is 7.20. The highest BCUT2D eigenvalue weighted by Gasteiger charge is 2.42. The molecule has 0 saturated heterocycles. The minimum atomic E-state index is -1.34. The van der Waals surface area contributed by atoms with Gasteiger partial charge in [0, 0.05) is 13.7 Å². The number of rotatable bonds is 14. The van der Waals surface area contributed by atoms with E-state index >= 15 is 0 Å². The van der Waals surface area contributed by atoms with Gasteiger partial charge in [0.15, 0.2) is 6.29 Å². The maximum atomic E-state index is 5.97. The lowest BCUT2D eigenvalue weighted by Gasteiger charge is -2.38. The van der Waals surface area contributed by atoms with Crippen LogP contribution in [0, 0.1) is 0 Å². The molecule has 0 aromatic carbocycles. The lowest BCUT2D eigenvalue weighted by Crippen LogP contribution is -2.47. The van der Waals surface area contributed by atoms with Crippen LogP contribution in [0.5, 0.6) is 0 Å². The summed E-state index contributed by atoms with van der Waals surface area (Å²) in [6.45, 7) is 15.5. The number of ether oxygens (including phenoxy) is 5. The Morgan fingerprint density at radius 3 is 2.14 bits per heavy atom. The quantitative estimate of drug-likeness (QED) is 0.276. The molecule has 0 aliphatic rings. The Bertz CT molecular complexity index is 293. The SMILES string of the molecule is C=C(C(OC)OCC)C(OCCC)(OCCCC)OC(C)C. The summed E-state index contributed by atoms with van der Waals surface area (Å²) in [5, 5.41) is 0. The van der Waals surface area contributed by atoms with Crippen LogP contribution in [-0.2, 0) is 23.7 Å². The molecule has 0 aliphatic carbocycles. The van der Waals surface area contributed by atoms with Gasteiger partial charge in [-0.1, -0.05) is 26.8 Å². The third-order valence-corrected chi connectivity index (χ3v) is 2.89. The first-order valence-electron chi connectivity index (χ1n) is 8.26. The molecule has 5 nitrogen and oxygen atoms in total. The van der Waals surface area contributed by atoms with Crippen molar-refractivity contribution in [3.63, 3.8) is 0 Å². The minimum Gasteiger partial charge on any atom is -0.352 e. The Morgan fingerprint density at radius 2 is 1.68 bits per heavy atom. The molecule has 22 heavy (non-hydrogen) atoms. The van der Waals surface area contributed by atoms with Gasteiger partial charge in [-0.25, -0.2) is 0 Å². The number of unbranched alkanes of at least 4 members (excludes halogenated alkanes) is 1. The molecular weight excluding hydrogens is 284 g/mol. The highest BCUT2D eigenvalue weighted by Crippen LogP contribution is 2.30. The minimum absolute atomic E-state index is 0.0886. The molecule has 0 rings (SSSR count). The van der Waals surface area contributed by atoms with Crippen molar-refractivity contribution in [3.05, 3.63) is 12.2 Å². The second kappa shape index (κ2) is 12.0. The first kappa shape index (κ1) is 21.5. The molecule has 0 spiro atoms. The lowest BCUT2D eigenvalue weighted by atomic mass is 10.2. The van der Waals surface area contributed by atoms with Crippen molar-refractivity contribution in [1.82, 2.24) is 0 Å². The Labute approximate surface area is 135 Å².